The lowest BCUT2D eigenvalue weighted by Gasteiger charge is -2.09. The molecule has 0 bridgehead atoms. The molecule has 0 saturated heterocycles. The number of nitrogens with zero attached hydrogens (tertiary/aromatic N) is 5. The van der Waals surface area contributed by atoms with Gasteiger partial charge in [0.1, 0.15) is 6.07 Å². The molecule has 0 saturated carbocycles. The van der Waals surface area contributed by atoms with Crippen molar-refractivity contribution >= 4 is 34.0 Å². The minimum absolute atomic E-state index is 0.336. The molecule has 2 aromatic carbocycles. The van der Waals surface area contributed by atoms with Crippen LogP contribution in [0.3, 0.4) is 0 Å². The van der Waals surface area contributed by atoms with E-state index in [9.17, 15) is 5.26 Å². The molecule has 7 heteroatoms. The van der Waals surface area contributed by atoms with Crippen molar-refractivity contribution in [3.05, 3.63) is 72.6 Å². The molecule has 7 nitrogen and oxygen atoms in total. The van der Waals surface area contributed by atoms with Gasteiger partial charge in [-0.15, -0.1) is 5.10 Å². The molecule has 0 radical (unpaired) electrons. The van der Waals surface area contributed by atoms with Crippen LogP contribution in [0.2, 0.25) is 0 Å². The van der Waals surface area contributed by atoms with Crippen molar-refractivity contribution in [2.24, 2.45) is 0 Å². The standard InChI is InChI=1S/C19H13N7/c20-11-14-5-1-2-8-15(14)23-17-12-22-26-19(25-17)24-16-9-3-6-13-7-4-10-21-18(13)16/h1-10,12H,(H2,23,24,25,26). The Morgan fingerprint density at radius 1 is 0.885 bits per heavy atom. The van der Waals surface area contributed by atoms with Crippen molar-refractivity contribution in [2.75, 3.05) is 10.6 Å². The smallest absolute Gasteiger partial charge is 0.249 e. The minimum Gasteiger partial charge on any atom is -0.338 e. The van der Waals surface area contributed by atoms with Gasteiger partial charge in [-0.05, 0) is 24.3 Å². The average molecular weight is 339 g/mol. The monoisotopic (exact) mass is 339 g/mol. The molecule has 2 N–H and O–H groups in total. The summed E-state index contributed by atoms with van der Waals surface area (Å²) in [5, 5.41) is 24.4. The number of aromatic nitrogens is 4. The minimum atomic E-state index is 0.336. The highest BCUT2D eigenvalue weighted by atomic mass is 15.3. The second-order valence-electron chi connectivity index (χ2n) is 5.45. The molecule has 124 valence electrons. The number of para-hydroxylation sites is 2. The normalized spacial score (nSPS) is 10.3. The van der Waals surface area contributed by atoms with Crippen LogP contribution in [0.15, 0.2) is 67.0 Å². The Balaban J connectivity index is 1.63. The van der Waals surface area contributed by atoms with Crippen molar-refractivity contribution in [1.29, 1.82) is 5.26 Å². The van der Waals surface area contributed by atoms with Crippen LogP contribution in [0.4, 0.5) is 23.1 Å². The summed E-state index contributed by atoms with van der Waals surface area (Å²) in [6, 6.07) is 19.0. The number of pyridine rings is 1. The highest BCUT2D eigenvalue weighted by Crippen LogP contribution is 2.24. The Morgan fingerprint density at radius 2 is 1.73 bits per heavy atom. The fourth-order valence-corrected chi connectivity index (χ4v) is 2.57. The maximum absolute atomic E-state index is 9.19. The van der Waals surface area contributed by atoms with Gasteiger partial charge in [-0.25, -0.2) is 0 Å². The summed E-state index contributed by atoms with van der Waals surface area (Å²) >= 11 is 0. The highest BCUT2D eigenvalue weighted by molar-refractivity contribution is 5.91. The Kier molecular flexibility index (Phi) is 4.06. The van der Waals surface area contributed by atoms with Crippen LogP contribution < -0.4 is 10.6 Å². The van der Waals surface area contributed by atoms with Gasteiger partial charge in [0.25, 0.3) is 0 Å². The summed E-state index contributed by atoms with van der Waals surface area (Å²) in [5.74, 6) is 0.820. The lowest BCUT2D eigenvalue weighted by molar-refractivity contribution is 0.982. The zero-order chi connectivity index (χ0) is 17.8. The van der Waals surface area contributed by atoms with Crippen molar-refractivity contribution in [2.45, 2.75) is 0 Å². The first-order chi connectivity index (χ1) is 12.8. The average Bonchev–Trinajstić information content (AvgIpc) is 2.69. The number of rotatable bonds is 4. The quantitative estimate of drug-likeness (QED) is 0.583. The van der Waals surface area contributed by atoms with Gasteiger partial charge in [-0.3, -0.25) is 4.98 Å². The van der Waals surface area contributed by atoms with E-state index in [0.29, 0.717) is 23.0 Å². The van der Waals surface area contributed by atoms with Crippen LogP contribution in [0.1, 0.15) is 5.56 Å². The number of anilines is 4. The van der Waals surface area contributed by atoms with Gasteiger partial charge in [-0.1, -0.05) is 30.3 Å². The van der Waals surface area contributed by atoms with E-state index < -0.39 is 0 Å². The topological polar surface area (TPSA) is 99.4 Å². The van der Waals surface area contributed by atoms with E-state index in [-0.39, 0.29) is 0 Å². The summed E-state index contributed by atoms with van der Waals surface area (Å²) < 4.78 is 0. The van der Waals surface area contributed by atoms with Crippen molar-refractivity contribution in [3.8, 4) is 6.07 Å². The van der Waals surface area contributed by atoms with E-state index in [1.54, 1.807) is 12.3 Å². The second-order valence-corrected chi connectivity index (χ2v) is 5.45. The molecule has 0 aliphatic rings. The third-order valence-corrected chi connectivity index (χ3v) is 3.75. The molecule has 0 unspecified atom stereocenters. The summed E-state index contributed by atoms with van der Waals surface area (Å²) in [4.78, 5) is 8.81. The predicted octanol–water partition coefficient (Wildman–Crippen LogP) is 3.78. The predicted molar refractivity (Wildman–Crippen MR) is 99.3 cm³/mol. The number of hydrogen-bond donors (Lipinski definition) is 2. The Hall–Kier alpha value is -4.05. The van der Waals surface area contributed by atoms with E-state index in [1.807, 2.05) is 48.5 Å². The van der Waals surface area contributed by atoms with E-state index >= 15 is 0 Å². The summed E-state index contributed by atoms with van der Waals surface area (Å²) in [5.41, 5.74) is 2.80. The molecule has 0 amide bonds. The van der Waals surface area contributed by atoms with E-state index in [1.165, 1.54) is 6.20 Å². The summed E-state index contributed by atoms with van der Waals surface area (Å²) in [6.07, 6.45) is 3.24. The summed E-state index contributed by atoms with van der Waals surface area (Å²) in [7, 11) is 0. The number of nitrogens with one attached hydrogen (secondary N) is 2. The zero-order valence-electron chi connectivity index (χ0n) is 13.6. The molecular formula is C19H13N7. The van der Waals surface area contributed by atoms with Gasteiger partial charge in [-0.2, -0.15) is 15.3 Å². The molecule has 0 spiro atoms. The summed E-state index contributed by atoms with van der Waals surface area (Å²) in [6.45, 7) is 0. The van der Waals surface area contributed by atoms with Crippen LogP contribution in [0.5, 0.6) is 0 Å². The maximum atomic E-state index is 9.19. The van der Waals surface area contributed by atoms with Crippen LogP contribution >= 0.6 is 0 Å². The molecule has 26 heavy (non-hydrogen) atoms. The number of fused-ring (bicyclic) bond motifs is 1. The number of hydrogen-bond acceptors (Lipinski definition) is 7. The first-order valence-corrected chi connectivity index (χ1v) is 7.90. The van der Waals surface area contributed by atoms with E-state index in [0.717, 1.165) is 16.6 Å². The van der Waals surface area contributed by atoms with Crippen LogP contribution in [-0.2, 0) is 0 Å². The van der Waals surface area contributed by atoms with Crippen molar-refractivity contribution < 1.29 is 0 Å². The van der Waals surface area contributed by atoms with Crippen LogP contribution in [0.25, 0.3) is 10.9 Å². The second kappa shape index (κ2) is 6.83. The fourth-order valence-electron chi connectivity index (χ4n) is 2.57. The zero-order valence-corrected chi connectivity index (χ0v) is 13.6. The van der Waals surface area contributed by atoms with Gasteiger partial charge in [0.15, 0.2) is 5.82 Å². The Labute approximate surface area is 149 Å². The molecule has 0 aliphatic heterocycles. The largest absolute Gasteiger partial charge is 0.338 e. The third-order valence-electron chi connectivity index (χ3n) is 3.75. The van der Waals surface area contributed by atoms with Gasteiger partial charge in [0.05, 0.1) is 28.7 Å². The number of benzene rings is 2. The lowest BCUT2D eigenvalue weighted by atomic mass is 10.2. The SMILES string of the molecule is N#Cc1ccccc1Nc1cnnc(Nc2cccc3cccnc23)n1. The van der Waals surface area contributed by atoms with Gasteiger partial charge >= 0.3 is 0 Å². The van der Waals surface area contributed by atoms with Crippen LogP contribution in [0, 0.1) is 11.3 Å². The van der Waals surface area contributed by atoms with Crippen molar-refractivity contribution in [3.63, 3.8) is 0 Å². The Bertz CT molecular complexity index is 1110. The lowest BCUT2D eigenvalue weighted by Crippen LogP contribution is -2.03. The number of nitriles is 1. The molecular weight excluding hydrogens is 326 g/mol. The van der Waals surface area contributed by atoms with Gasteiger partial charge in [0.2, 0.25) is 5.95 Å². The molecule has 2 aromatic heterocycles. The molecule has 4 rings (SSSR count). The molecule has 0 aliphatic carbocycles. The molecule has 0 atom stereocenters. The fraction of sp³-hybridized carbons (Fsp3) is 0. The van der Waals surface area contributed by atoms with E-state index in [4.69, 9.17) is 0 Å². The van der Waals surface area contributed by atoms with E-state index in [2.05, 4.69) is 36.9 Å². The Morgan fingerprint density at radius 3 is 2.65 bits per heavy atom. The highest BCUT2D eigenvalue weighted by Gasteiger charge is 2.07. The molecule has 4 aromatic rings. The molecule has 0 fully saturated rings. The first-order valence-electron chi connectivity index (χ1n) is 7.90. The third kappa shape index (κ3) is 3.12. The van der Waals surface area contributed by atoms with Crippen molar-refractivity contribution in [1.82, 2.24) is 20.2 Å². The van der Waals surface area contributed by atoms with Crippen LogP contribution in [-0.4, -0.2) is 20.2 Å². The maximum Gasteiger partial charge on any atom is 0.249 e. The van der Waals surface area contributed by atoms with Gasteiger partial charge < -0.3 is 10.6 Å². The van der Waals surface area contributed by atoms with Gasteiger partial charge in [0, 0.05) is 11.6 Å². The first kappa shape index (κ1) is 15.5. The molecule has 2 heterocycles.